The van der Waals surface area contributed by atoms with Gasteiger partial charge in [-0.2, -0.15) is 0 Å². The van der Waals surface area contributed by atoms with Crippen LogP contribution in [0.1, 0.15) is 48.6 Å². The van der Waals surface area contributed by atoms with Crippen molar-refractivity contribution in [1.29, 1.82) is 0 Å². The molecule has 2 aromatic carbocycles. The van der Waals surface area contributed by atoms with Gasteiger partial charge in [-0.15, -0.1) is 0 Å². The van der Waals surface area contributed by atoms with Crippen molar-refractivity contribution in [2.24, 2.45) is 5.92 Å². The molecule has 3 aromatic rings. The van der Waals surface area contributed by atoms with Gasteiger partial charge in [0.25, 0.3) is 0 Å². The maximum Gasteiger partial charge on any atom is 0.311 e. The van der Waals surface area contributed by atoms with E-state index in [1.54, 1.807) is 12.1 Å². The van der Waals surface area contributed by atoms with E-state index in [0.717, 1.165) is 16.8 Å². The number of phenols is 1. The zero-order valence-corrected chi connectivity index (χ0v) is 18.4. The molecule has 1 unspecified atom stereocenters. The van der Waals surface area contributed by atoms with Gasteiger partial charge in [-0.3, -0.25) is 4.79 Å². The molecule has 29 heavy (non-hydrogen) atoms. The molecule has 1 aromatic heterocycles. The van der Waals surface area contributed by atoms with Gasteiger partial charge in [0.15, 0.2) is 0 Å². The van der Waals surface area contributed by atoms with Crippen LogP contribution in [0.4, 0.5) is 0 Å². The van der Waals surface area contributed by atoms with Crippen molar-refractivity contribution in [2.75, 3.05) is 0 Å². The van der Waals surface area contributed by atoms with Crippen LogP contribution < -0.4 is 0 Å². The predicted octanol–water partition coefficient (Wildman–Crippen LogP) is 6.06. The number of fused-ring (bicyclic) bond motifs is 1. The zero-order valence-electron chi connectivity index (χ0n) is 16.9. The number of carboxylic acids is 1. The number of halogens is 1. The third-order valence-corrected chi connectivity index (χ3v) is 6.33. The highest BCUT2D eigenvalue weighted by Crippen LogP contribution is 2.41. The molecule has 0 fully saturated rings. The number of aliphatic carboxylic acids is 1. The van der Waals surface area contributed by atoms with Crippen molar-refractivity contribution < 1.29 is 15.0 Å². The van der Waals surface area contributed by atoms with Gasteiger partial charge in [0.1, 0.15) is 10.7 Å². The SMILES string of the molecule is CCC(C)[C@H](C(=O)O)c1c(C)n(C(=S)c2ccc(C)cc2)c2cc(Cl)c(O)cc12. The number of hydrogen-bond donors (Lipinski definition) is 2. The molecule has 0 aliphatic carbocycles. The Morgan fingerprint density at radius 3 is 2.38 bits per heavy atom. The third kappa shape index (κ3) is 3.77. The number of carboxylic acid groups (broad SMARTS) is 1. The van der Waals surface area contributed by atoms with E-state index in [4.69, 9.17) is 23.8 Å². The molecule has 6 heteroatoms. The molecule has 0 aliphatic rings. The molecule has 4 nitrogen and oxygen atoms in total. The lowest BCUT2D eigenvalue weighted by molar-refractivity contribution is -0.140. The highest BCUT2D eigenvalue weighted by atomic mass is 35.5. The lowest BCUT2D eigenvalue weighted by Gasteiger charge is -2.20. The van der Waals surface area contributed by atoms with Gasteiger partial charge in [0.05, 0.1) is 16.5 Å². The maximum absolute atomic E-state index is 12.2. The Labute approximate surface area is 180 Å². The van der Waals surface area contributed by atoms with Crippen molar-refractivity contribution >= 4 is 45.7 Å². The van der Waals surface area contributed by atoms with Crippen LogP contribution in [0, 0.1) is 19.8 Å². The maximum atomic E-state index is 12.2. The largest absolute Gasteiger partial charge is 0.506 e. The van der Waals surface area contributed by atoms with Crippen LogP contribution in [0.2, 0.25) is 5.02 Å². The van der Waals surface area contributed by atoms with Gasteiger partial charge in [0.2, 0.25) is 0 Å². The first kappa shape index (κ1) is 21.3. The van der Waals surface area contributed by atoms with Crippen molar-refractivity contribution in [3.05, 3.63) is 63.8 Å². The number of aromatic hydroxyl groups is 1. The number of rotatable bonds is 5. The van der Waals surface area contributed by atoms with E-state index in [2.05, 4.69) is 0 Å². The van der Waals surface area contributed by atoms with E-state index >= 15 is 0 Å². The van der Waals surface area contributed by atoms with Crippen LogP contribution in [0.5, 0.6) is 5.75 Å². The molecular formula is C23H24ClNO3S. The van der Waals surface area contributed by atoms with Crippen molar-refractivity contribution in [3.8, 4) is 5.75 Å². The average molecular weight is 430 g/mol. The normalized spacial score (nSPS) is 13.4. The second-order valence-corrected chi connectivity index (χ2v) is 8.32. The van der Waals surface area contributed by atoms with Crippen LogP contribution in [-0.4, -0.2) is 25.7 Å². The van der Waals surface area contributed by atoms with Gasteiger partial charge < -0.3 is 14.8 Å². The molecule has 1 heterocycles. The van der Waals surface area contributed by atoms with Crippen LogP contribution >= 0.6 is 23.8 Å². The zero-order chi connectivity index (χ0) is 21.5. The van der Waals surface area contributed by atoms with E-state index in [-0.39, 0.29) is 16.7 Å². The first-order valence-electron chi connectivity index (χ1n) is 9.54. The number of aryl methyl sites for hydroxylation is 1. The minimum Gasteiger partial charge on any atom is -0.506 e. The summed E-state index contributed by atoms with van der Waals surface area (Å²) < 4.78 is 1.87. The highest BCUT2D eigenvalue weighted by Gasteiger charge is 2.32. The number of aromatic nitrogens is 1. The standard InChI is InChI=1S/C23H24ClNO3S/c1-5-13(3)20(23(27)28)21-14(4)25(18-11-17(24)19(26)10-16(18)21)22(29)15-8-6-12(2)7-9-15/h6-11,13,20,26H,5H2,1-4H3,(H,27,28)/t13?,20-/m0/s1. The summed E-state index contributed by atoms with van der Waals surface area (Å²) in [5.41, 5.74) is 4.10. The average Bonchev–Trinajstić information content (AvgIpc) is 2.93. The van der Waals surface area contributed by atoms with Crippen LogP contribution in [0.25, 0.3) is 10.9 Å². The van der Waals surface area contributed by atoms with Crippen molar-refractivity contribution in [3.63, 3.8) is 0 Å². The Hall–Kier alpha value is -2.37. The lowest BCUT2D eigenvalue weighted by atomic mass is 9.84. The predicted molar refractivity (Wildman–Crippen MR) is 121 cm³/mol. The minimum atomic E-state index is -0.891. The minimum absolute atomic E-state index is 0.0767. The third-order valence-electron chi connectivity index (χ3n) is 5.61. The quantitative estimate of drug-likeness (QED) is 0.484. The molecular weight excluding hydrogens is 406 g/mol. The van der Waals surface area contributed by atoms with Crippen LogP contribution in [0.15, 0.2) is 36.4 Å². The van der Waals surface area contributed by atoms with Crippen molar-refractivity contribution in [1.82, 2.24) is 4.57 Å². The van der Waals surface area contributed by atoms with E-state index in [9.17, 15) is 15.0 Å². The van der Waals surface area contributed by atoms with Crippen LogP contribution in [-0.2, 0) is 4.79 Å². The fraction of sp³-hybridized carbons (Fsp3) is 0.304. The Morgan fingerprint density at radius 1 is 1.21 bits per heavy atom. The molecule has 2 N–H and O–H groups in total. The Morgan fingerprint density at radius 2 is 1.83 bits per heavy atom. The fourth-order valence-electron chi connectivity index (χ4n) is 3.81. The van der Waals surface area contributed by atoms with E-state index < -0.39 is 11.9 Å². The summed E-state index contributed by atoms with van der Waals surface area (Å²) in [5, 5.41) is 21.1. The number of hydrogen-bond acceptors (Lipinski definition) is 3. The van der Waals surface area contributed by atoms with Crippen molar-refractivity contribution in [2.45, 2.75) is 40.0 Å². The summed E-state index contributed by atoms with van der Waals surface area (Å²) in [7, 11) is 0. The van der Waals surface area contributed by atoms with Gasteiger partial charge in [-0.25, -0.2) is 0 Å². The summed E-state index contributed by atoms with van der Waals surface area (Å²) in [6.45, 7) is 7.78. The van der Waals surface area contributed by atoms with Crippen LogP contribution in [0.3, 0.4) is 0 Å². The first-order chi connectivity index (χ1) is 13.7. The number of benzene rings is 2. The number of carbonyl (C=O) groups is 1. The molecule has 2 atom stereocenters. The van der Waals surface area contributed by atoms with E-state index in [1.165, 1.54) is 0 Å². The Kier molecular flexibility index (Phi) is 6.01. The smallest absolute Gasteiger partial charge is 0.311 e. The summed E-state index contributed by atoms with van der Waals surface area (Å²) in [6, 6.07) is 11.1. The first-order valence-corrected chi connectivity index (χ1v) is 10.3. The summed E-state index contributed by atoms with van der Waals surface area (Å²) in [4.78, 5) is 12.8. The molecule has 0 aliphatic heterocycles. The van der Waals surface area contributed by atoms with E-state index in [1.807, 2.05) is 56.5 Å². The van der Waals surface area contributed by atoms with Gasteiger partial charge in [0, 0.05) is 16.6 Å². The molecule has 0 saturated heterocycles. The number of nitrogens with zero attached hydrogens (tertiary/aromatic N) is 1. The molecule has 152 valence electrons. The molecule has 3 rings (SSSR count). The summed E-state index contributed by atoms with van der Waals surface area (Å²) in [5.74, 6) is -1.77. The Balaban J connectivity index is 2.35. The van der Waals surface area contributed by atoms with E-state index in [0.29, 0.717) is 27.9 Å². The molecule has 0 radical (unpaired) electrons. The number of thiocarbonyl (C=S) groups is 1. The Bertz CT molecular complexity index is 1100. The summed E-state index contributed by atoms with van der Waals surface area (Å²) >= 11 is 12.0. The molecule has 0 spiro atoms. The van der Waals surface area contributed by atoms with Gasteiger partial charge in [-0.05, 0) is 37.5 Å². The summed E-state index contributed by atoms with van der Waals surface area (Å²) in [6.07, 6.45) is 0.713. The number of phenolic OH excluding ortho intramolecular Hbond substituents is 1. The topological polar surface area (TPSA) is 62.5 Å². The molecule has 0 bridgehead atoms. The molecule has 0 saturated carbocycles. The monoisotopic (exact) mass is 429 g/mol. The van der Waals surface area contributed by atoms with Gasteiger partial charge in [-0.1, -0.05) is 73.9 Å². The highest BCUT2D eigenvalue weighted by molar-refractivity contribution is 7.80. The molecule has 0 amide bonds. The second-order valence-electron chi connectivity index (χ2n) is 7.53. The van der Waals surface area contributed by atoms with Gasteiger partial charge >= 0.3 is 5.97 Å². The fourth-order valence-corrected chi connectivity index (χ4v) is 4.34. The second kappa shape index (κ2) is 8.17. The lowest BCUT2D eigenvalue weighted by Crippen LogP contribution is -2.21.